The third-order valence-electron chi connectivity index (χ3n) is 2.37. The monoisotopic (exact) mass is 344 g/mol. The van der Waals surface area contributed by atoms with E-state index < -0.39 is 0 Å². The Balaban J connectivity index is 2.11. The van der Waals surface area contributed by atoms with Gasteiger partial charge in [0.2, 0.25) is 0 Å². The second-order valence-corrected chi connectivity index (χ2v) is 5.84. The number of nitrogens with one attached hydrogen (secondary N) is 1. The summed E-state index contributed by atoms with van der Waals surface area (Å²) < 4.78 is 0.986. The van der Waals surface area contributed by atoms with Gasteiger partial charge in [-0.25, -0.2) is 0 Å². The first-order valence-electron chi connectivity index (χ1n) is 5.13. The van der Waals surface area contributed by atoms with Crippen LogP contribution in [0.4, 0.5) is 5.69 Å². The molecule has 0 unspecified atom stereocenters. The first-order valence-corrected chi connectivity index (χ1v) is 7.18. The Kier molecular flexibility index (Phi) is 4.27. The van der Waals surface area contributed by atoms with Gasteiger partial charge in [0.15, 0.2) is 0 Å². The molecule has 0 saturated carbocycles. The lowest BCUT2D eigenvalue weighted by atomic mass is 10.1. The quantitative estimate of drug-likeness (QED) is 0.834. The summed E-state index contributed by atoms with van der Waals surface area (Å²) in [7, 11) is 0. The number of anilines is 1. The van der Waals surface area contributed by atoms with Gasteiger partial charge in [0, 0.05) is 15.0 Å². The van der Waals surface area contributed by atoms with Crippen LogP contribution in [0.25, 0.3) is 0 Å². The molecule has 0 aliphatic heterocycles. The fourth-order valence-electron chi connectivity index (χ4n) is 1.48. The van der Waals surface area contributed by atoms with Gasteiger partial charge in [0.25, 0.3) is 5.91 Å². The number of nitrogen functional groups attached to an aromatic ring is 1. The normalized spacial score (nSPS) is 10.3. The van der Waals surface area contributed by atoms with Gasteiger partial charge < -0.3 is 11.1 Å². The Bertz CT molecular complexity index is 565. The van der Waals surface area contributed by atoms with Gasteiger partial charge in [-0.15, -0.1) is 11.3 Å². The number of thiophene rings is 1. The Labute approximate surface area is 122 Å². The molecule has 1 amide bonds. The zero-order valence-corrected chi connectivity index (χ0v) is 12.4. The van der Waals surface area contributed by atoms with Crippen LogP contribution < -0.4 is 11.1 Å². The third-order valence-corrected chi connectivity index (χ3v) is 4.61. The highest BCUT2D eigenvalue weighted by Gasteiger charge is 2.14. The van der Waals surface area contributed by atoms with Crippen molar-refractivity contribution in [3.05, 3.63) is 49.6 Å². The lowest BCUT2D eigenvalue weighted by Gasteiger charge is -2.08. The smallest absolute Gasteiger partial charge is 0.255 e. The van der Waals surface area contributed by atoms with Crippen LogP contribution in [0, 0.1) is 0 Å². The van der Waals surface area contributed by atoms with Crippen molar-refractivity contribution >= 4 is 50.5 Å². The van der Waals surface area contributed by atoms with Crippen LogP contribution >= 0.6 is 38.9 Å². The summed E-state index contributed by atoms with van der Waals surface area (Å²) in [4.78, 5) is 13.1. The number of nitrogens with two attached hydrogens (primary N) is 1. The van der Waals surface area contributed by atoms with E-state index in [-0.39, 0.29) is 5.91 Å². The van der Waals surface area contributed by atoms with Gasteiger partial charge in [0.1, 0.15) is 0 Å². The van der Waals surface area contributed by atoms with Gasteiger partial charge in [-0.2, -0.15) is 0 Å². The minimum absolute atomic E-state index is 0.265. The Morgan fingerprint density at radius 1 is 1.44 bits per heavy atom. The molecule has 0 saturated heterocycles. The predicted octanol–water partition coefficient (Wildman–Crippen LogP) is 3.68. The molecule has 0 radical (unpaired) electrons. The number of amides is 1. The van der Waals surface area contributed by atoms with Crippen molar-refractivity contribution in [2.24, 2.45) is 0 Å². The van der Waals surface area contributed by atoms with Crippen molar-refractivity contribution < 1.29 is 4.79 Å². The van der Waals surface area contributed by atoms with Gasteiger partial charge in [-0.3, -0.25) is 4.79 Å². The van der Waals surface area contributed by atoms with Crippen LogP contribution in [-0.4, -0.2) is 5.91 Å². The molecule has 0 atom stereocenters. The average molecular weight is 346 g/mol. The molecule has 2 aromatic rings. The van der Waals surface area contributed by atoms with Crippen molar-refractivity contribution in [2.75, 3.05) is 5.73 Å². The van der Waals surface area contributed by atoms with E-state index in [1.807, 2.05) is 11.4 Å². The lowest BCUT2D eigenvalue weighted by molar-refractivity contribution is 0.0952. The van der Waals surface area contributed by atoms with Crippen LogP contribution in [0.2, 0.25) is 5.02 Å². The van der Waals surface area contributed by atoms with Crippen LogP contribution in [0.5, 0.6) is 0 Å². The zero-order chi connectivity index (χ0) is 13.1. The van der Waals surface area contributed by atoms with Crippen LogP contribution in [0.15, 0.2) is 34.1 Å². The second-order valence-electron chi connectivity index (χ2n) is 3.58. The molecule has 0 aliphatic carbocycles. The maximum atomic E-state index is 12.0. The molecule has 1 aromatic heterocycles. The van der Waals surface area contributed by atoms with Gasteiger partial charge in [-0.05, 0) is 39.5 Å². The number of carbonyl (C=O) groups is 1. The van der Waals surface area contributed by atoms with E-state index in [2.05, 4.69) is 21.2 Å². The minimum Gasteiger partial charge on any atom is -0.398 e. The van der Waals surface area contributed by atoms with E-state index in [0.29, 0.717) is 22.8 Å². The van der Waals surface area contributed by atoms with Crippen molar-refractivity contribution in [1.82, 2.24) is 5.32 Å². The minimum atomic E-state index is -0.265. The largest absolute Gasteiger partial charge is 0.398 e. The highest BCUT2D eigenvalue weighted by molar-refractivity contribution is 9.10. The molecule has 2 rings (SSSR count). The number of benzene rings is 1. The van der Waals surface area contributed by atoms with Gasteiger partial charge in [0.05, 0.1) is 17.1 Å². The summed E-state index contributed by atoms with van der Waals surface area (Å²) in [5.41, 5.74) is 6.45. The second kappa shape index (κ2) is 5.73. The summed E-state index contributed by atoms with van der Waals surface area (Å²) in [6.07, 6.45) is 0. The van der Waals surface area contributed by atoms with Crippen molar-refractivity contribution in [2.45, 2.75) is 6.54 Å². The summed E-state index contributed by atoms with van der Waals surface area (Å²) in [5.74, 6) is -0.265. The number of hydrogen-bond donors (Lipinski definition) is 2. The zero-order valence-electron chi connectivity index (χ0n) is 9.24. The van der Waals surface area contributed by atoms with Crippen LogP contribution in [-0.2, 0) is 6.54 Å². The van der Waals surface area contributed by atoms with E-state index in [1.165, 1.54) is 0 Å². The predicted molar refractivity (Wildman–Crippen MR) is 79.1 cm³/mol. The van der Waals surface area contributed by atoms with E-state index in [0.717, 1.165) is 9.35 Å². The fourth-order valence-corrected chi connectivity index (χ4v) is 3.18. The van der Waals surface area contributed by atoms with Crippen molar-refractivity contribution in [1.29, 1.82) is 0 Å². The molecule has 6 heteroatoms. The molecular weight excluding hydrogens is 336 g/mol. The topological polar surface area (TPSA) is 55.1 Å². The Hall–Kier alpha value is -1.04. The standard InChI is InChI=1S/C12H10BrClN2OS/c13-7-4-5-18-10(7)6-16-12(17)11-8(14)2-1-3-9(11)15/h1-5H,6,15H2,(H,16,17). The Morgan fingerprint density at radius 3 is 2.83 bits per heavy atom. The molecule has 18 heavy (non-hydrogen) atoms. The molecule has 94 valence electrons. The number of hydrogen-bond acceptors (Lipinski definition) is 3. The summed E-state index contributed by atoms with van der Waals surface area (Å²) in [6, 6.07) is 6.95. The molecule has 0 bridgehead atoms. The fraction of sp³-hybridized carbons (Fsp3) is 0.0833. The van der Waals surface area contributed by atoms with Crippen molar-refractivity contribution in [3.8, 4) is 0 Å². The molecular formula is C12H10BrClN2OS. The Morgan fingerprint density at radius 2 is 2.22 bits per heavy atom. The first-order chi connectivity index (χ1) is 8.59. The SMILES string of the molecule is Nc1cccc(Cl)c1C(=O)NCc1sccc1Br. The highest BCUT2D eigenvalue weighted by atomic mass is 79.9. The molecule has 3 N–H and O–H groups in total. The van der Waals surface area contributed by atoms with E-state index >= 15 is 0 Å². The molecule has 0 spiro atoms. The van der Waals surface area contributed by atoms with Gasteiger partial charge in [-0.1, -0.05) is 17.7 Å². The van der Waals surface area contributed by atoms with Crippen molar-refractivity contribution in [3.63, 3.8) is 0 Å². The maximum Gasteiger partial charge on any atom is 0.255 e. The first kappa shape index (κ1) is 13.4. The molecule has 1 heterocycles. The molecule has 3 nitrogen and oxygen atoms in total. The van der Waals surface area contributed by atoms with Crippen LogP contribution in [0.1, 0.15) is 15.2 Å². The van der Waals surface area contributed by atoms with E-state index in [1.54, 1.807) is 29.5 Å². The number of rotatable bonds is 3. The molecule has 0 aliphatic rings. The summed E-state index contributed by atoms with van der Waals surface area (Å²) >= 11 is 10.9. The molecule has 1 aromatic carbocycles. The maximum absolute atomic E-state index is 12.0. The number of halogens is 2. The van der Waals surface area contributed by atoms with E-state index in [4.69, 9.17) is 17.3 Å². The van der Waals surface area contributed by atoms with Gasteiger partial charge >= 0.3 is 0 Å². The third kappa shape index (κ3) is 2.85. The molecule has 0 fully saturated rings. The summed E-state index contributed by atoms with van der Waals surface area (Å²) in [6.45, 7) is 0.446. The average Bonchev–Trinajstić information content (AvgIpc) is 2.72. The van der Waals surface area contributed by atoms with Crippen LogP contribution in [0.3, 0.4) is 0 Å². The summed E-state index contributed by atoms with van der Waals surface area (Å²) in [5, 5.41) is 5.11. The highest BCUT2D eigenvalue weighted by Crippen LogP contribution is 2.24. The lowest BCUT2D eigenvalue weighted by Crippen LogP contribution is -2.23. The van der Waals surface area contributed by atoms with E-state index in [9.17, 15) is 4.79 Å². The number of carbonyl (C=O) groups excluding carboxylic acids is 1.